The van der Waals surface area contributed by atoms with Crippen LogP contribution in [-0.2, 0) is 9.59 Å². The number of aromatic nitrogens is 2. The van der Waals surface area contributed by atoms with Gasteiger partial charge >= 0.3 is 0 Å². The van der Waals surface area contributed by atoms with Crippen LogP contribution in [0.5, 0.6) is 0 Å². The smallest absolute Gasteiger partial charge is 0.225 e. The minimum absolute atomic E-state index is 0.0830. The van der Waals surface area contributed by atoms with Crippen LogP contribution in [0.1, 0.15) is 20.3 Å². The van der Waals surface area contributed by atoms with Crippen LogP contribution in [0.15, 0.2) is 36.4 Å². The molecule has 0 radical (unpaired) electrons. The summed E-state index contributed by atoms with van der Waals surface area (Å²) >= 11 is 0. The second-order valence-electron chi connectivity index (χ2n) is 5.14. The first-order chi connectivity index (χ1) is 11.6. The molecule has 0 aliphatic heterocycles. The molecule has 0 fully saturated rings. The van der Waals surface area contributed by atoms with E-state index in [1.54, 1.807) is 13.0 Å². The monoisotopic (exact) mass is 327 g/mol. The van der Waals surface area contributed by atoms with Gasteiger partial charge in [0.2, 0.25) is 11.8 Å². The third-order valence-electron chi connectivity index (χ3n) is 3.15. The fraction of sp³-hybridized carbons (Fsp3) is 0.294. The molecule has 0 atom stereocenters. The van der Waals surface area contributed by atoms with Gasteiger partial charge in [-0.15, -0.1) is 0 Å². The van der Waals surface area contributed by atoms with Crippen LogP contribution >= 0.6 is 0 Å². The molecule has 1 aromatic carbocycles. The van der Waals surface area contributed by atoms with Gasteiger partial charge in [-0.25, -0.2) is 9.97 Å². The minimum Gasteiger partial charge on any atom is -0.368 e. The summed E-state index contributed by atoms with van der Waals surface area (Å²) in [6.07, 6.45) is 0.371. The van der Waals surface area contributed by atoms with Crippen molar-refractivity contribution in [1.82, 2.24) is 15.3 Å². The first-order valence-corrected chi connectivity index (χ1v) is 7.81. The molecule has 7 heteroatoms. The second-order valence-corrected chi connectivity index (χ2v) is 5.14. The SMILES string of the molecule is CCC(=O)Nc1cc(NCCNC(C)=O)nc(-c2ccccc2)n1. The van der Waals surface area contributed by atoms with Gasteiger partial charge in [-0.2, -0.15) is 0 Å². The van der Waals surface area contributed by atoms with Crippen LogP contribution in [-0.4, -0.2) is 34.9 Å². The minimum atomic E-state index is -0.114. The predicted molar refractivity (Wildman–Crippen MR) is 93.6 cm³/mol. The lowest BCUT2D eigenvalue weighted by Gasteiger charge is -2.11. The van der Waals surface area contributed by atoms with Crippen LogP contribution in [0, 0.1) is 0 Å². The fourth-order valence-corrected chi connectivity index (χ4v) is 1.98. The Morgan fingerprint density at radius 3 is 2.42 bits per heavy atom. The van der Waals surface area contributed by atoms with Gasteiger partial charge in [0.15, 0.2) is 5.82 Å². The second kappa shape index (κ2) is 8.61. The van der Waals surface area contributed by atoms with Crippen molar-refractivity contribution in [1.29, 1.82) is 0 Å². The molecule has 3 N–H and O–H groups in total. The Morgan fingerprint density at radius 1 is 1.04 bits per heavy atom. The van der Waals surface area contributed by atoms with E-state index in [-0.39, 0.29) is 11.8 Å². The van der Waals surface area contributed by atoms with Crippen molar-refractivity contribution >= 4 is 23.5 Å². The van der Waals surface area contributed by atoms with Crippen LogP contribution in [0.25, 0.3) is 11.4 Å². The lowest BCUT2D eigenvalue weighted by Crippen LogP contribution is -2.26. The zero-order valence-electron chi connectivity index (χ0n) is 13.8. The maximum atomic E-state index is 11.6. The number of benzene rings is 1. The third kappa shape index (κ3) is 5.35. The standard InChI is InChI=1S/C17H21N5O2/c1-3-16(24)20-15-11-14(19-10-9-18-12(2)23)21-17(22-15)13-7-5-4-6-8-13/h4-8,11H,3,9-10H2,1-2H3,(H,18,23)(H2,19,20,21,22,24). The van der Waals surface area contributed by atoms with Gasteiger partial charge < -0.3 is 16.0 Å². The highest BCUT2D eigenvalue weighted by atomic mass is 16.2. The van der Waals surface area contributed by atoms with Crippen molar-refractivity contribution < 1.29 is 9.59 Å². The van der Waals surface area contributed by atoms with Gasteiger partial charge in [0.25, 0.3) is 0 Å². The molecule has 0 unspecified atom stereocenters. The maximum absolute atomic E-state index is 11.6. The Labute approximate surface area is 140 Å². The average molecular weight is 327 g/mol. The average Bonchev–Trinajstić information content (AvgIpc) is 2.59. The molecule has 2 amide bonds. The van der Waals surface area contributed by atoms with Crippen molar-refractivity contribution in [2.45, 2.75) is 20.3 Å². The number of carbonyl (C=O) groups is 2. The molecule has 1 aromatic heterocycles. The van der Waals surface area contributed by atoms with Crippen molar-refractivity contribution in [2.75, 3.05) is 23.7 Å². The lowest BCUT2D eigenvalue weighted by molar-refractivity contribution is -0.119. The molecule has 0 aliphatic carbocycles. The van der Waals surface area contributed by atoms with Crippen molar-refractivity contribution in [3.8, 4) is 11.4 Å². The molecule has 2 rings (SSSR count). The van der Waals surface area contributed by atoms with E-state index in [1.807, 2.05) is 30.3 Å². The summed E-state index contributed by atoms with van der Waals surface area (Å²) in [5, 5.41) is 8.58. The Kier molecular flexibility index (Phi) is 6.24. The highest BCUT2D eigenvalue weighted by Crippen LogP contribution is 2.20. The molecule has 0 aliphatic rings. The molecule has 0 saturated heterocycles. The summed E-state index contributed by atoms with van der Waals surface area (Å²) in [4.78, 5) is 31.4. The van der Waals surface area contributed by atoms with Crippen molar-refractivity contribution in [3.63, 3.8) is 0 Å². The first kappa shape index (κ1) is 17.4. The summed E-state index contributed by atoms with van der Waals surface area (Å²) in [5.74, 6) is 1.35. The number of nitrogens with zero attached hydrogens (tertiary/aromatic N) is 2. The quantitative estimate of drug-likeness (QED) is 0.676. The molecule has 0 spiro atoms. The van der Waals surface area contributed by atoms with Gasteiger partial charge in [0, 0.05) is 38.1 Å². The summed E-state index contributed by atoms with van der Waals surface area (Å²) in [6.45, 7) is 4.25. The molecule has 7 nitrogen and oxygen atoms in total. The summed E-state index contributed by atoms with van der Waals surface area (Å²) in [7, 11) is 0. The topological polar surface area (TPSA) is 96.0 Å². The van der Waals surface area contributed by atoms with E-state index in [0.717, 1.165) is 5.56 Å². The third-order valence-corrected chi connectivity index (χ3v) is 3.15. The highest BCUT2D eigenvalue weighted by Gasteiger charge is 2.08. The predicted octanol–water partition coefficient (Wildman–Crippen LogP) is 2.04. The Hall–Kier alpha value is -2.96. The van der Waals surface area contributed by atoms with E-state index in [4.69, 9.17) is 0 Å². The number of nitrogens with one attached hydrogen (secondary N) is 3. The Bertz CT molecular complexity index is 703. The molecule has 2 aromatic rings. The zero-order chi connectivity index (χ0) is 17.4. The molecule has 0 saturated carbocycles. The van der Waals surface area contributed by atoms with E-state index in [0.29, 0.717) is 37.0 Å². The van der Waals surface area contributed by atoms with Gasteiger partial charge in [-0.3, -0.25) is 9.59 Å². The highest BCUT2D eigenvalue weighted by molar-refractivity contribution is 5.90. The molecule has 0 bridgehead atoms. The van der Waals surface area contributed by atoms with Crippen LogP contribution in [0.4, 0.5) is 11.6 Å². The van der Waals surface area contributed by atoms with Gasteiger partial charge in [-0.1, -0.05) is 37.3 Å². The largest absolute Gasteiger partial charge is 0.368 e. The van der Waals surface area contributed by atoms with E-state index >= 15 is 0 Å². The lowest BCUT2D eigenvalue weighted by atomic mass is 10.2. The van der Waals surface area contributed by atoms with Gasteiger partial charge in [-0.05, 0) is 0 Å². The van der Waals surface area contributed by atoms with Gasteiger partial charge in [0.1, 0.15) is 11.6 Å². The molecule has 1 heterocycles. The zero-order valence-corrected chi connectivity index (χ0v) is 13.8. The van der Waals surface area contributed by atoms with Crippen LogP contribution < -0.4 is 16.0 Å². The van der Waals surface area contributed by atoms with Crippen LogP contribution in [0.3, 0.4) is 0 Å². The van der Waals surface area contributed by atoms with E-state index in [1.165, 1.54) is 6.92 Å². The Balaban J connectivity index is 2.20. The van der Waals surface area contributed by atoms with Gasteiger partial charge in [0.05, 0.1) is 0 Å². The maximum Gasteiger partial charge on any atom is 0.225 e. The number of amides is 2. The van der Waals surface area contributed by atoms with Crippen LogP contribution in [0.2, 0.25) is 0 Å². The summed E-state index contributed by atoms with van der Waals surface area (Å²) in [6, 6.07) is 11.2. The number of hydrogen-bond acceptors (Lipinski definition) is 5. The Morgan fingerprint density at radius 2 is 1.75 bits per heavy atom. The molecule has 126 valence electrons. The fourth-order valence-electron chi connectivity index (χ4n) is 1.98. The van der Waals surface area contributed by atoms with E-state index in [9.17, 15) is 9.59 Å². The number of carbonyl (C=O) groups excluding carboxylic acids is 2. The van der Waals surface area contributed by atoms with Crippen molar-refractivity contribution in [3.05, 3.63) is 36.4 Å². The van der Waals surface area contributed by atoms with E-state index < -0.39 is 0 Å². The molecule has 24 heavy (non-hydrogen) atoms. The number of rotatable bonds is 7. The van der Waals surface area contributed by atoms with E-state index in [2.05, 4.69) is 25.9 Å². The first-order valence-electron chi connectivity index (χ1n) is 7.81. The molecular formula is C17H21N5O2. The normalized spacial score (nSPS) is 10.1. The summed E-state index contributed by atoms with van der Waals surface area (Å²) in [5.41, 5.74) is 0.856. The number of anilines is 2. The molecular weight excluding hydrogens is 306 g/mol. The van der Waals surface area contributed by atoms with Crippen molar-refractivity contribution in [2.24, 2.45) is 0 Å². The summed E-state index contributed by atoms with van der Waals surface area (Å²) < 4.78 is 0. The number of hydrogen-bond donors (Lipinski definition) is 3.